The molecular weight excluding hydrogens is 372 g/mol. The summed E-state index contributed by atoms with van der Waals surface area (Å²) in [5.41, 5.74) is 3.04. The molecule has 0 aliphatic heterocycles. The maximum Gasteiger partial charge on any atom is 0.272 e. The summed E-state index contributed by atoms with van der Waals surface area (Å²) in [6.07, 6.45) is 1.63. The van der Waals surface area contributed by atoms with Crippen molar-refractivity contribution >= 4 is 35.2 Å². The average Bonchev–Trinajstić information content (AvgIpc) is 2.70. The highest BCUT2D eigenvalue weighted by Crippen LogP contribution is 2.14. The number of halogens is 1. The Morgan fingerprint density at radius 1 is 0.893 bits per heavy atom. The van der Waals surface area contributed by atoms with Gasteiger partial charge in [0.25, 0.3) is 11.8 Å². The van der Waals surface area contributed by atoms with E-state index in [1.165, 1.54) is 0 Å². The number of hydrogen-bond acceptors (Lipinski definition) is 2. The van der Waals surface area contributed by atoms with Gasteiger partial charge in [0.2, 0.25) is 0 Å². The SMILES string of the molecule is Cc1ccc(NC(=O)/C(=C\c2ccccc2)NC(=O)c2cccc(Cl)c2)cc1. The fourth-order valence-corrected chi connectivity index (χ4v) is 2.72. The van der Waals surface area contributed by atoms with Gasteiger partial charge in [-0.25, -0.2) is 0 Å². The lowest BCUT2D eigenvalue weighted by Crippen LogP contribution is -2.30. The summed E-state index contributed by atoms with van der Waals surface area (Å²) in [5, 5.41) is 5.95. The molecule has 5 heteroatoms. The zero-order valence-corrected chi connectivity index (χ0v) is 16.0. The van der Waals surface area contributed by atoms with E-state index in [9.17, 15) is 9.59 Å². The van der Waals surface area contributed by atoms with Gasteiger partial charge >= 0.3 is 0 Å². The first-order chi connectivity index (χ1) is 13.5. The van der Waals surface area contributed by atoms with Crippen LogP contribution in [0.2, 0.25) is 5.02 Å². The highest BCUT2D eigenvalue weighted by Gasteiger charge is 2.15. The molecule has 3 aromatic rings. The Morgan fingerprint density at radius 2 is 1.61 bits per heavy atom. The Kier molecular flexibility index (Phi) is 6.25. The van der Waals surface area contributed by atoms with Gasteiger partial charge in [0, 0.05) is 16.3 Å². The molecule has 0 bridgehead atoms. The van der Waals surface area contributed by atoms with E-state index in [4.69, 9.17) is 11.6 Å². The lowest BCUT2D eigenvalue weighted by atomic mass is 10.1. The van der Waals surface area contributed by atoms with Crippen LogP contribution in [-0.4, -0.2) is 11.8 Å². The van der Waals surface area contributed by atoms with E-state index in [1.807, 2.05) is 61.5 Å². The highest BCUT2D eigenvalue weighted by atomic mass is 35.5. The van der Waals surface area contributed by atoms with Crippen LogP contribution in [0.3, 0.4) is 0 Å². The van der Waals surface area contributed by atoms with Gasteiger partial charge in [-0.3, -0.25) is 9.59 Å². The normalized spacial score (nSPS) is 11.0. The van der Waals surface area contributed by atoms with Crippen LogP contribution in [0.1, 0.15) is 21.5 Å². The molecule has 0 radical (unpaired) electrons. The van der Waals surface area contributed by atoms with Crippen molar-refractivity contribution in [3.8, 4) is 0 Å². The molecule has 0 aliphatic carbocycles. The number of benzene rings is 3. The largest absolute Gasteiger partial charge is 0.321 e. The molecule has 3 aromatic carbocycles. The van der Waals surface area contributed by atoms with Crippen LogP contribution in [0.15, 0.2) is 84.6 Å². The van der Waals surface area contributed by atoms with Crippen LogP contribution in [-0.2, 0) is 4.79 Å². The van der Waals surface area contributed by atoms with Gasteiger partial charge in [0.15, 0.2) is 0 Å². The molecule has 0 heterocycles. The van der Waals surface area contributed by atoms with Crippen molar-refractivity contribution < 1.29 is 9.59 Å². The fraction of sp³-hybridized carbons (Fsp3) is 0.0435. The molecule has 2 amide bonds. The highest BCUT2D eigenvalue weighted by molar-refractivity contribution is 6.31. The van der Waals surface area contributed by atoms with Crippen molar-refractivity contribution in [2.75, 3.05) is 5.32 Å². The van der Waals surface area contributed by atoms with Gasteiger partial charge in [-0.05, 0) is 48.9 Å². The zero-order chi connectivity index (χ0) is 19.9. The first kappa shape index (κ1) is 19.4. The number of aryl methyl sites for hydroxylation is 1. The van der Waals surface area contributed by atoms with Crippen molar-refractivity contribution in [1.29, 1.82) is 0 Å². The minimum Gasteiger partial charge on any atom is -0.321 e. The number of carbonyl (C=O) groups excluding carboxylic acids is 2. The molecule has 0 aromatic heterocycles. The average molecular weight is 391 g/mol. The second-order valence-corrected chi connectivity index (χ2v) is 6.69. The second-order valence-electron chi connectivity index (χ2n) is 6.25. The topological polar surface area (TPSA) is 58.2 Å². The van der Waals surface area contributed by atoms with Gasteiger partial charge < -0.3 is 10.6 Å². The van der Waals surface area contributed by atoms with Crippen LogP contribution in [0.5, 0.6) is 0 Å². The lowest BCUT2D eigenvalue weighted by Gasteiger charge is -2.12. The molecule has 0 unspecified atom stereocenters. The van der Waals surface area contributed by atoms with Gasteiger partial charge in [0.05, 0.1) is 0 Å². The van der Waals surface area contributed by atoms with Crippen molar-refractivity contribution in [2.45, 2.75) is 6.92 Å². The summed E-state index contributed by atoms with van der Waals surface area (Å²) in [4.78, 5) is 25.4. The van der Waals surface area contributed by atoms with E-state index in [1.54, 1.807) is 30.3 Å². The lowest BCUT2D eigenvalue weighted by molar-refractivity contribution is -0.113. The third-order valence-electron chi connectivity index (χ3n) is 4.00. The maximum absolute atomic E-state index is 12.8. The van der Waals surface area contributed by atoms with Crippen LogP contribution >= 0.6 is 11.6 Å². The number of amides is 2. The smallest absolute Gasteiger partial charge is 0.272 e. The van der Waals surface area contributed by atoms with Crippen LogP contribution in [0.4, 0.5) is 5.69 Å². The zero-order valence-electron chi connectivity index (χ0n) is 15.3. The van der Waals surface area contributed by atoms with Crippen molar-refractivity contribution in [3.05, 3.63) is 106 Å². The summed E-state index contributed by atoms with van der Waals surface area (Å²) in [6.45, 7) is 1.97. The van der Waals surface area contributed by atoms with Crippen LogP contribution < -0.4 is 10.6 Å². The van der Waals surface area contributed by atoms with Gasteiger partial charge in [0.1, 0.15) is 5.70 Å². The van der Waals surface area contributed by atoms with E-state index < -0.39 is 11.8 Å². The third-order valence-corrected chi connectivity index (χ3v) is 4.23. The van der Waals surface area contributed by atoms with Crippen molar-refractivity contribution in [3.63, 3.8) is 0 Å². The molecule has 140 valence electrons. The van der Waals surface area contributed by atoms with E-state index in [0.717, 1.165) is 11.1 Å². The first-order valence-corrected chi connectivity index (χ1v) is 9.11. The van der Waals surface area contributed by atoms with E-state index in [-0.39, 0.29) is 5.70 Å². The maximum atomic E-state index is 12.8. The predicted octanol–water partition coefficient (Wildman–Crippen LogP) is 5.06. The summed E-state index contributed by atoms with van der Waals surface area (Å²) in [5.74, 6) is -0.827. The van der Waals surface area contributed by atoms with Gasteiger partial charge in [-0.2, -0.15) is 0 Å². The molecule has 2 N–H and O–H groups in total. The second kappa shape index (κ2) is 9.02. The standard InChI is InChI=1S/C23H19ClN2O2/c1-16-10-12-20(13-11-16)25-23(28)21(14-17-6-3-2-4-7-17)26-22(27)18-8-5-9-19(24)15-18/h2-15H,1H3,(H,25,28)(H,26,27)/b21-14+. The molecule has 0 spiro atoms. The predicted molar refractivity (Wildman–Crippen MR) is 113 cm³/mol. The summed E-state index contributed by atoms with van der Waals surface area (Å²) in [6, 6.07) is 23.3. The number of carbonyl (C=O) groups is 2. The van der Waals surface area contributed by atoms with Crippen LogP contribution in [0, 0.1) is 6.92 Å². The summed E-state index contributed by atoms with van der Waals surface area (Å²) in [7, 11) is 0. The Hall–Kier alpha value is -3.37. The molecule has 0 aliphatic rings. The molecule has 3 rings (SSSR count). The molecule has 28 heavy (non-hydrogen) atoms. The minimum atomic E-state index is -0.414. The monoisotopic (exact) mass is 390 g/mol. The Morgan fingerprint density at radius 3 is 2.29 bits per heavy atom. The number of rotatable bonds is 5. The van der Waals surface area contributed by atoms with E-state index >= 15 is 0 Å². The van der Waals surface area contributed by atoms with E-state index in [2.05, 4.69) is 10.6 Å². The Balaban J connectivity index is 1.86. The molecule has 0 fully saturated rings. The summed E-state index contributed by atoms with van der Waals surface area (Å²) < 4.78 is 0. The number of nitrogens with one attached hydrogen (secondary N) is 2. The first-order valence-electron chi connectivity index (χ1n) is 8.73. The third kappa shape index (κ3) is 5.32. The van der Waals surface area contributed by atoms with Gasteiger partial charge in [-0.1, -0.05) is 65.7 Å². The Labute approximate surface area is 168 Å². The van der Waals surface area contributed by atoms with Crippen molar-refractivity contribution in [2.24, 2.45) is 0 Å². The molecule has 4 nitrogen and oxygen atoms in total. The van der Waals surface area contributed by atoms with Crippen LogP contribution in [0.25, 0.3) is 6.08 Å². The molecule has 0 saturated carbocycles. The molecule has 0 atom stereocenters. The minimum absolute atomic E-state index is 0.136. The number of anilines is 1. The quantitative estimate of drug-likeness (QED) is 0.598. The fourth-order valence-electron chi connectivity index (χ4n) is 2.53. The number of hydrogen-bond donors (Lipinski definition) is 2. The summed E-state index contributed by atoms with van der Waals surface area (Å²) >= 11 is 5.96. The Bertz CT molecular complexity index is 1010. The van der Waals surface area contributed by atoms with E-state index in [0.29, 0.717) is 16.3 Å². The molecule has 0 saturated heterocycles. The molecular formula is C23H19ClN2O2. The van der Waals surface area contributed by atoms with Gasteiger partial charge in [-0.15, -0.1) is 0 Å². The van der Waals surface area contributed by atoms with Crippen molar-refractivity contribution in [1.82, 2.24) is 5.32 Å².